The van der Waals surface area contributed by atoms with E-state index in [1.807, 2.05) is 0 Å². The lowest BCUT2D eigenvalue weighted by Gasteiger charge is -2.16. The number of ether oxygens (including phenoxy) is 1. The van der Waals surface area contributed by atoms with Gasteiger partial charge in [0, 0.05) is 5.92 Å². The van der Waals surface area contributed by atoms with Crippen LogP contribution in [0.4, 0.5) is 0 Å². The summed E-state index contributed by atoms with van der Waals surface area (Å²) in [4.78, 5) is 11.2. The summed E-state index contributed by atoms with van der Waals surface area (Å²) in [5.41, 5.74) is 1.16. The molecule has 2 heteroatoms. The third-order valence-electron chi connectivity index (χ3n) is 2.41. The molecule has 0 aromatic carbocycles. The lowest BCUT2D eigenvalue weighted by molar-refractivity contribution is -0.142. The molecule has 0 aromatic heterocycles. The zero-order chi connectivity index (χ0) is 9.52. The average Bonchev–Trinajstić information content (AvgIpc) is 2.59. The van der Waals surface area contributed by atoms with E-state index in [9.17, 15) is 4.79 Å². The van der Waals surface area contributed by atoms with Crippen LogP contribution in [0.15, 0.2) is 12.2 Å². The van der Waals surface area contributed by atoms with Crippen LogP contribution in [0.5, 0.6) is 0 Å². The molecule has 0 amide bonds. The van der Waals surface area contributed by atoms with Crippen molar-refractivity contribution in [2.45, 2.75) is 20.8 Å². The Morgan fingerprint density at radius 1 is 1.50 bits per heavy atom. The molecule has 1 fully saturated rings. The van der Waals surface area contributed by atoms with E-state index in [4.69, 9.17) is 0 Å². The number of rotatable bonds is 1. The Labute approximate surface area is 73.6 Å². The summed E-state index contributed by atoms with van der Waals surface area (Å²) >= 11 is 0. The molecule has 1 saturated carbocycles. The maximum atomic E-state index is 11.2. The maximum absolute atomic E-state index is 11.2. The minimum Gasteiger partial charge on any atom is -0.469 e. The summed E-state index contributed by atoms with van der Waals surface area (Å²) in [7, 11) is 1.42. The van der Waals surface area contributed by atoms with Crippen molar-refractivity contribution in [3.8, 4) is 0 Å². The van der Waals surface area contributed by atoms with Gasteiger partial charge in [0.05, 0.1) is 13.0 Å². The van der Waals surface area contributed by atoms with Crippen LogP contribution >= 0.6 is 0 Å². The number of methoxy groups -OCH3 is 1. The van der Waals surface area contributed by atoms with E-state index in [0.29, 0.717) is 5.92 Å². The van der Waals surface area contributed by atoms with Crippen LogP contribution in [0.3, 0.4) is 0 Å². The quantitative estimate of drug-likeness (QED) is 0.442. The second kappa shape index (κ2) is 2.61. The SMILES string of the molecule is C=C1[C@H](C(=O)OC)[C@H]1C(C)(C)C. The van der Waals surface area contributed by atoms with Gasteiger partial charge in [-0.25, -0.2) is 0 Å². The van der Waals surface area contributed by atoms with Crippen LogP contribution in [0.25, 0.3) is 0 Å². The highest BCUT2D eigenvalue weighted by Crippen LogP contribution is 2.55. The molecule has 0 N–H and O–H groups in total. The van der Waals surface area contributed by atoms with Crippen molar-refractivity contribution < 1.29 is 9.53 Å². The van der Waals surface area contributed by atoms with Crippen LogP contribution in [-0.2, 0) is 9.53 Å². The lowest BCUT2D eigenvalue weighted by atomic mass is 9.88. The number of hydrogen-bond donors (Lipinski definition) is 0. The van der Waals surface area contributed by atoms with Gasteiger partial charge in [-0.3, -0.25) is 4.79 Å². The van der Waals surface area contributed by atoms with Crippen molar-refractivity contribution in [3.05, 3.63) is 12.2 Å². The minimum absolute atomic E-state index is 0.0463. The fourth-order valence-electron chi connectivity index (χ4n) is 1.79. The summed E-state index contributed by atoms with van der Waals surface area (Å²) in [5, 5.41) is 0. The largest absolute Gasteiger partial charge is 0.469 e. The molecule has 0 saturated heterocycles. The van der Waals surface area contributed by atoms with Crippen LogP contribution in [0, 0.1) is 17.3 Å². The van der Waals surface area contributed by atoms with E-state index < -0.39 is 0 Å². The molecule has 0 aliphatic heterocycles. The highest BCUT2D eigenvalue weighted by Gasteiger charge is 2.54. The standard InChI is InChI=1S/C10H16O2/c1-6-7(9(11)12-5)8(6)10(2,3)4/h7-8H,1H2,2-5H3/t7-,8-/m0/s1. The van der Waals surface area contributed by atoms with Gasteiger partial charge in [-0.05, 0) is 5.41 Å². The summed E-state index contributed by atoms with van der Waals surface area (Å²) in [6.45, 7) is 10.2. The molecule has 0 aromatic rings. The van der Waals surface area contributed by atoms with Crippen molar-refractivity contribution in [2.75, 3.05) is 7.11 Å². The molecular formula is C10H16O2. The maximum Gasteiger partial charge on any atom is 0.313 e. The highest BCUT2D eigenvalue weighted by atomic mass is 16.5. The second-order valence-electron chi connectivity index (χ2n) is 4.42. The predicted octanol–water partition coefficient (Wildman–Crippen LogP) is 2.01. The number of esters is 1. The third-order valence-corrected chi connectivity index (χ3v) is 2.41. The molecular weight excluding hydrogens is 152 g/mol. The summed E-state index contributed by atoms with van der Waals surface area (Å²) in [6.07, 6.45) is 0. The third kappa shape index (κ3) is 1.38. The average molecular weight is 168 g/mol. The van der Waals surface area contributed by atoms with E-state index in [1.54, 1.807) is 0 Å². The van der Waals surface area contributed by atoms with Crippen molar-refractivity contribution in [1.82, 2.24) is 0 Å². The highest BCUT2D eigenvalue weighted by molar-refractivity contribution is 5.82. The van der Waals surface area contributed by atoms with Crippen molar-refractivity contribution >= 4 is 5.97 Å². The van der Waals surface area contributed by atoms with E-state index in [-0.39, 0.29) is 17.3 Å². The van der Waals surface area contributed by atoms with E-state index in [0.717, 1.165) is 5.57 Å². The molecule has 0 spiro atoms. The molecule has 0 heterocycles. The normalized spacial score (nSPS) is 28.5. The zero-order valence-electron chi connectivity index (χ0n) is 8.18. The molecule has 0 radical (unpaired) electrons. The Morgan fingerprint density at radius 3 is 2.25 bits per heavy atom. The summed E-state index contributed by atoms with van der Waals surface area (Å²) in [5.74, 6) is 0.125. The van der Waals surface area contributed by atoms with Gasteiger partial charge < -0.3 is 4.74 Å². The first-order valence-electron chi connectivity index (χ1n) is 4.16. The van der Waals surface area contributed by atoms with E-state index in [1.165, 1.54) is 7.11 Å². The smallest absolute Gasteiger partial charge is 0.313 e. The van der Waals surface area contributed by atoms with Gasteiger partial charge >= 0.3 is 5.97 Å². The van der Waals surface area contributed by atoms with Gasteiger partial charge in [-0.2, -0.15) is 0 Å². The Balaban J connectivity index is 2.66. The first kappa shape index (κ1) is 9.30. The molecule has 1 aliphatic rings. The van der Waals surface area contributed by atoms with Gasteiger partial charge in [-0.1, -0.05) is 32.9 Å². The first-order chi connectivity index (χ1) is 5.39. The molecule has 0 bridgehead atoms. The Hall–Kier alpha value is -0.790. The van der Waals surface area contributed by atoms with Crippen LogP contribution in [0.2, 0.25) is 0 Å². The van der Waals surface area contributed by atoms with Crippen LogP contribution < -0.4 is 0 Å². The molecule has 68 valence electrons. The fraction of sp³-hybridized carbons (Fsp3) is 0.700. The second-order valence-corrected chi connectivity index (χ2v) is 4.42. The lowest BCUT2D eigenvalue weighted by Crippen LogP contribution is -2.14. The van der Waals surface area contributed by atoms with Crippen LogP contribution in [-0.4, -0.2) is 13.1 Å². The minimum atomic E-state index is -0.139. The molecule has 0 unspecified atom stereocenters. The predicted molar refractivity (Wildman–Crippen MR) is 47.6 cm³/mol. The number of carbonyl (C=O) groups is 1. The van der Waals surface area contributed by atoms with E-state index >= 15 is 0 Å². The van der Waals surface area contributed by atoms with Gasteiger partial charge in [0.2, 0.25) is 0 Å². The molecule has 2 atom stereocenters. The summed E-state index contributed by atoms with van der Waals surface area (Å²) in [6, 6.07) is 0. The van der Waals surface area contributed by atoms with E-state index in [2.05, 4.69) is 32.1 Å². The zero-order valence-corrected chi connectivity index (χ0v) is 8.18. The van der Waals surface area contributed by atoms with Gasteiger partial charge in [0.1, 0.15) is 0 Å². The molecule has 1 aliphatic carbocycles. The van der Waals surface area contributed by atoms with Crippen molar-refractivity contribution in [2.24, 2.45) is 17.3 Å². The van der Waals surface area contributed by atoms with Gasteiger partial charge in [-0.15, -0.1) is 0 Å². The Morgan fingerprint density at radius 2 is 2.00 bits per heavy atom. The fourth-order valence-corrected chi connectivity index (χ4v) is 1.79. The van der Waals surface area contributed by atoms with Crippen molar-refractivity contribution in [3.63, 3.8) is 0 Å². The van der Waals surface area contributed by atoms with Gasteiger partial charge in [0.15, 0.2) is 0 Å². The topological polar surface area (TPSA) is 26.3 Å². The monoisotopic (exact) mass is 168 g/mol. The molecule has 1 rings (SSSR count). The number of carbonyl (C=O) groups excluding carboxylic acids is 1. The first-order valence-corrected chi connectivity index (χ1v) is 4.16. The number of hydrogen-bond acceptors (Lipinski definition) is 2. The molecule has 12 heavy (non-hydrogen) atoms. The Kier molecular flexibility index (Phi) is 2.02. The summed E-state index contributed by atoms with van der Waals surface area (Å²) < 4.78 is 4.67. The molecule has 2 nitrogen and oxygen atoms in total. The Bertz CT molecular complexity index is 222. The van der Waals surface area contributed by atoms with Crippen LogP contribution in [0.1, 0.15) is 20.8 Å². The van der Waals surface area contributed by atoms with Crippen molar-refractivity contribution in [1.29, 1.82) is 0 Å². The van der Waals surface area contributed by atoms with Gasteiger partial charge in [0.25, 0.3) is 0 Å².